The molecule has 0 aliphatic heterocycles. The standard InChI is InChI=1S/C14H26F3N3O/c1-10(2)19-13(12(18)21)7-4-5-11(13)6-8-20(3)9-14(15,16)17/h10-11,19H,4-9H2,1-3H3,(H2,18,21). The molecule has 1 amide bonds. The molecule has 0 aromatic heterocycles. The van der Waals surface area contributed by atoms with E-state index in [0.717, 1.165) is 12.8 Å². The number of nitrogens with two attached hydrogens (primary N) is 1. The van der Waals surface area contributed by atoms with Crippen molar-refractivity contribution in [1.82, 2.24) is 10.2 Å². The second-order valence-corrected chi connectivity index (χ2v) is 6.37. The van der Waals surface area contributed by atoms with E-state index in [1.807, 2.05) is 13.8 Å². The maximum absolute atomic E-state index is 12.3. The first-order valence-corrected chi connectivity index (χ1v) is 7.40. The van der Waals surface area contributed by atoms with Gasteiger partial charge in [0.1, 0.15) is 5.54 Å². The Kier molecular flexibility index (Phi) is 6.04. The summed E-state index contributed by atoms with van der Waals surface area (Å²) in [4.78, 5) is 13.2. The van der Waals surface area contributed by atoms with Crippen LogP contribution in [0, 0.1) is 5.92 Å². The number of halogens is 3. The molecule has 21 heavy (non-hydrogen) atoms. The van der Waals surface area contributed by atoms with Gasteiger partial charge in [-0.25, -0.2) is 0 Å². The van der Waals surface area contributed by atoms with Crippen molar-refractivity contribution in [3.63, 3.8) is 0 Å². The average Bonchev–Trinajstić information content (AvgIpc) is 2.67. The molecule has 1 rings (SSSR count). The normalized spacial score (nSPS) is 26.8. The van der Waals surface area contributed by atoms with Crippen molar-refractivity contribution < 1.29 is 18.0 Å². The van der Waals surface area contributed by atoms with Crippen LogP contribution in [0.4, 0.5) is 13.2 Å². The van der Waals surface area contributed by atoms with E-state index in [0.29, 0.717) is 19.4 Å². The van der Waals surface area contributed by atoms with Gasteiger partial charge >= 0.3 is 6.18 Å². The minimum atomic E-state index is -4.19. The van der Waals surface area contributed by atoms with Gasteiger partial charge in [-0.1, -0.05) is 6.42 Å². The van der Waals surface area contributed by atoms with Crippen molar-refractivity contribution in [2.24, 2.45) is 11.7 Å². The zero-order valence-electron chi connectivity index (χ0n) is 13.0. The molecular formula is C14H26F3N3O. The van der Waals surface area contributed by atoms with Crippen LogP contribution in [0.25, 0.3) is 0 Å². The van der Waals surface area contributed by atoms with Crippen molar-refractivity contribution in [2.75, 3.05) is 20.1 Å². The van der Waals surface area contributed by atoms with Crippen LogP contribution in [-0.2, 0) is 4.79 Å². The topological polar surface area (TPSA) is 58.4 Å². The van der Waals surface area contributed by atoms with E-state index in [2.05, 4.69) is 5.32 Å². The lowest BCUT2D eigenvalue weighted by Crippen LogP contribution is -2.60. The largest absolute Gasteiger partial charge is 0.401 e. The molecular weight excluding hydrogens is 283 g/mol. The van der Waals surface area contributed by atoms with Crippen molar-refractivity contribution in [3.8, 4) is 0 Å². The number of hydrogen-bond donors (Lipinski definition) is 2. The number of hydrogen-bond acceptors (Lipinski definition) is 3. The van der Waals surface area contributed by atoms with Gasteiger partial charge in [0.05, 0.1) is 6.54 Å². The molecule has 0 radical (unpaired) electrons. The number of amides is 1. The first kappa shape index (κ1) is 18.2. The molecule has 0 aromatic carbocycles. The summed E-state index contributed by atoms with van der Waals surface area (Å²) in [6.45, 7) is 3.26. The molecule has 1 aliphatic carbocycles. The SMILES string of the molecule is CC(C)NC1(C(N)=O)CCCC1CCN(C)CC(F)(F)F. The number of rotatable bonds is 7. The molecule has 0 heterocycles. The van der Waals surface area contributed by atoms with Crippen molar-refractivity contribution >= 4 is 5.91 Å². The number of nitrogens with one attached hydrogen (secondary N) is 1. The van der Waals surface area contributed by atoms with Crippen LogP contribution in [-0.4, -0.2) is 48.7 Å². The van der Waals surface area contributed by atoms with Gasteiger partial charge in [0.25, 0.3) is 0 Å². The summed E-state index contributed by atoms with van der Waals surface area (Å²) < 4.78 is 37.0. The first-order chi connectivity index (χ1) is 9.57. The fourth-order valence-electron chi connectivity index (χ4n) is 3.33. The van der Waals surface area contributed by atoms with Gasteiger partial charge in [-0.3, -0.25) is 9.69 Å². The lowest BCUT2D eigenvalue weighted by Gasteiger charge is -2.36. The second kappa shape index (κ2) is 6.96. The highest BCUT2D eigenvalue weighted by Crippen LogP contribution is 2.38. The molecule has 4 nitrogen and oxygen atoms in total. The monoisotopic (exact) mass is 309 g/mol. The van der Waals surface area contributed by atoms with Gasteiger partial charge in [-0.2, -0.15) is 13.2 Å². The lowest BCUT2D eigenvalue weighted by atomic mass is 9.83. The molecule has 0 spiro atoms. The number of carbonyl (C=O) groups is 1. The molecule has 0 saturated heterocycles. The highest BCUT2D eigenvalue weighted by molar-refractivity contribution is 5.85. The third-order valence-electron chi connectivity index (χ3n) is 4.12. The molecule has 124 valence electrons. The Balaban J connectivity index is 2.65. The molecule has 1 aliphatic rings. The summed E-state index contributed by atoms with van der Waals surface area (Å²) in [5.74, 6) is -0.398. The van der Waals surface area contributed by atoms with Gasteiger partial charge in [-0.05, 0) is 52.6 Å². The van der Waals surface area contributed by atoms with Gasteiger partial charge in [0.2, 0.25) is 5.91 Å². The van der Waals surface area contributed by atoms with E-state index < -0.39 is 24.2 Å². The highest BCUT2D eigenvalue weighted by atomic mass is 19.4. The molecule has 0 bridgehead atoms. The maximum atomic E-state index is 12.3. The van der Waals surface area contributed by atoms with Crippen LogP contribution in [0.1, 0.15) is 39.5 Å². The Morgan fingerprint density at radius 2 is 2.10 bits per heavy atom. The number of primary amides is 1. The molecule has 3 N–H and O–H groups in total. The molecule has 2 atom stereocenters. The van der Waals surface area contributed by atoms with E-state index >= 15 is 0 Å². The maximum Gasteiger partial charge on any atom is 0.401 e. The van der Waals surface area contributed by atoms with Crippen LogP contribution in [0.5, 0.6) is 0 Å². The minimum Gasteiger partial charge on any atom is -0.368 e. The van der Waals surface area contributed by atoms with E-state index in [-0.39, 0.29) is 12.0 Å². The Bertz CT molecular complexity index is 360. The Morgan fingerprint density at radius 3 is 2.57 bits per heavy atom. The molecule has 2 unspecified atom stereocenters. The van der Waals surface area contributed by atoms with E-state index in [1.54, 1.807) is 0 Å². The van der Waals surface area contributed by atoms with Crippen LogP contribution < -0.4 is 11.1 Å². The summed E-state index contributed by atoms with van der Waals surface area (Å²) in [5.41, 5.74) is 4.81. The predicted octanol–water partition coefficient (Wildman–Crippen LogP) is 1.89. The minimum absolute atomic E-state index is 0.00640. The highest BCUT2D eigenvalue weighted by Gasteiger charge is 2.47. The Hall–Kier alpha value is -0.820. The van der Waals surface area contributed by atoms with Crippen LogP contribution in [0.2, 0.25) is 0 Å². The summed E-state index contributed by atoms with van der Waals surface area (Å²) in [5, 5.41) is 3.26. The fourth-order valence-corrected chi connectivity index (χ4v) is 3.33. The van der Waals surface area contributed by atoms with Gasteiger partial charge < -0.3 is 11.1 Å². The Morgan fingerprint density at radius 1 is 1.48 bits per heavy atom. The van der Waals surface area contributed by atoms with Gasteiger partial charge in [-0.15, -0.1) is 0 Å². The molecule has 1 fully saturated rings. The molecule has 1 saturated carbocycles. The van der Waals surface area contributed by atoms with Crippen LogP contribution in [0.15, 0.2) is 0 Å². The van der Waals surface area contributed by atoms with Gasteiger partial charge in [0, 0.05) is 6.04 Å². The van der Waals surface area contributed by atoms with E-state index in [9.17, 15) is 18.0 Å². The quantitative estimate of drug-likeness (QED) is 0.755. The Labute approximate surface area is 124 Å². The summed E-state index contributed by atoms with van der Waals surface area (Å²) in [6.07, 6.45) is -1.30. The summed E-state index contributed by atoms with van der Waals surface area (Å²) in [6, 6.07) is 0.103. The number of nitrogens with zero attached hydrogens (tertiary/aromatic N) is 1. The third kappa shape index (κ3) is 5.14. The van der Waals surface area contributed by atoms with Crippen molar-refractivity contribution in [2.45, 2.75) is 57.3 Å². The predicted molar refractivity (Wildman–Crippen MR) is 75.7 cm³/mol. The van der Waals surface area contributed by atoms with Gasteiger partial charge in [0.15, 0.2) is 0 Å². The van der Waals surface area contributed by atoms with Crippen LogP contribution in [0.3, 0.4) is 0 Å². The number of carbonyl (C=O) groups excluding carboxylic acids is 1. The second-order valence-electron chi connectivity index (χ2n) is 6.37. The third-order valence-corrected chi connectivity index (χ3v) is 4.12. The lowest BCUT2D eigenvalue weighted by molar-refractivity contribution is -0.143. The zero-order valence-corrected chi connectivity index (χ0v) is 13.0. The zero-order chi connectivity index (χ0) is 16.3. The summed E-state index contributed by atoms with van der Waals surface area (Å²) in [7, 11) is 1.45. The summed E-state index contributed by atoms with van der Waals surface area (Å²) >= 11 is 0. The van der Waals surface area contributed by atoms with E-state index in [1.165, 1.54) is 11.9 Å². The van der Waals surface area contributed by atoms with Crippen molar-refractivity contribution in [3.05, 3.63) is 0 Å². The smallest absolute Gasteiger partial charge is 0.368 e. The number of alkyl halides is 3. The van der Waals surface area contributed by atoms with Crippen molar-refractivity contribution in [1.29, 1.82) is 0 Å². The molecule has 7 heteroatoms. The van der Waals surface area contributed by atoms with E-state index in [4.69, 9.17) is 5.73 Å². The van der Waals surface area contributed by atoms with Crippen LogP contribution >= 0.6 is 0 Å². The first-order valence-electron chi connectivity index (χ1n) is 7.40. The average molecular weight is 309 g/mol. The fraction of sp³-hybridized carbons (Fsp3) is 0.929. The molecule has 0 aromatic rings.